The fourth-order valence-corrected chi connectivity index (χ4v) is 1.82. The summed E-state index contributed by atoms with van der Waals surface area (Å²) >= 11 is 1.62. The predicted octanol–water partition coefficient (Wildman–Crippen LogP) is 2.16. The highest BCUT2D eigenvalue weighted by Gasteiger charge is 2.02. The highest BCUT2D eigenvalue weighted by Crippen LogP contribution is 2.03. The van der Waals surface area contributed by atoms with Gasteiger partial charge in [-0.05, 0) is 13.3 Å². The Kier molecular flexibility index (Phi) is 5.04. The van der Waals surface area contributed by atoms with Gasteiger partial charge in [0.2, 0.25) is 5.91 Å². The number of amides is 1. The van der Waals surface area contributed by atoms with Gasteiger partial charge in [0, 0.05) is 30.1 Å². The molecule has 0 spiro atoms. The van der Waals surface area contributed by atoms with Crippen LogP contribution < -0.4 is 5.32 Å². The molecule has 0 aliphatic rings. The summed E-state index contributed by atoms with van der Waals surface area (Å²) in [7, 11) is 0. The molecule has 82 valence electrons. The van der Waals surface area contributed by atoms with Crippen molar-refractivity contribution in [3.63, 3.8) is 0 Å². The second-order valence-electron chi connectivity index (χ2n) is 3.23. The number of hydrogen-bond donors (Lipinski definition) is 1. The van der Waals surface area contributed by atoms with E-state index in [0.29, 0.717) is 6.54 Å². The van der Waals surface area contributed by atoms with Gasteiger partial charge in [0.1, 0.15) is 0 Å². The van der Waals surface area contributed by atoms with Crippen LogP contribution >= 0.6 is 11.3 Å². The summed E-state index contributed by atoms with van der Waals surface area (Å²) in [5, 5.41) is 5.87. The molecule has 0 saturated carbocycles. The van der Waals surface area contributed by atoms with E-state index in [1.165, 1.54) is 0 Å². The SMILES string of the molecule is CCC=C(C)C(=O)NCCc1nccs1. The smallest absolute Gasteiger partial charge is 0.246 e. The summed E-state index contributed by atoms with van der Waals surface area (Å²) in [6.45, 7) is 4.51. The van der Waals surface area contributed by atoms with E-state index in [9.17, 15) is 4.79 Å². The second kappa shape index (κ2) is 6.35. The molecular weight excluding hydrogens is 208 g/mol. The van der Waals surface area contributed by atoms with E-state index < -0.39 is 0 Å². The molecule has 4 heteroatoms. The minimum absolute atomic E-state index is 0.0217. The van der Waals surface area contributed by atoms with E-state index >= 15 is 0 Å². The molecule has 0 atom stereocenters. The maximum atomic E-state index is 11.5. The van der Waals surface area contributed by atoms with Crippen molar-refractivity contribution in [2.24, 2.45) is 0 Å². The summed E-state index contributed by atoms with van der Waals surface area (Å²) in [6, 6.07) is 0. The summed E-state index contributed by atoms with van der Waals surface area (Å²) in [4.78, 5) is 15.6. The van der Waals surface area contributed by atoms with Gasteiger partial charge in [0.25, 0.3) is 0 Å². The first-order chi connectivity index (χ1) is 7.24. The van der Waals surface area contributed by atoms with Crippen molar-refractivity contribution in [3.8, 4) is 0 Å². The number of thiazole rings is 1. The average molecular weight is 224 g/mol. The fourth-order valence-electron chi connectivity index (χ4n) is 1.20. The number of nitrogens with zero attached hydrogens (tertiary/aromatic N) is 1. The van der Waals surface area contributed by atoms with Crippen molar-refractivity contribution in [2.45, 2.75) is 26.7 Å². The molecule has 0 aliphatic heterocycles. The van der Waals surface area contributed by atoms with Gasteiger partial charge in [-0.2, -0.15) is 0 Å². The molecule has 0 unspecified atom stereocenters. The Morgan fingerprint density at radius 2 is 2.47 bits per heavy atom. The van der Waals surface area contributed by atoms with Crippen molar-refractivity contribution in [2.75, 3.05) is 6.54 Å². The Balaban J connectivity index is 2.26. The van der Waals surface area contributed by atoms with E-state index in [-0.39, 0.29) is 5.91 Å². The van der Waals surface area contributed by atoms with Crippen LogP contribution in [0.5, 0.6) is 0 Å². The minimum atomic E-state index is 0.0217. The third-order valence-electron chi connectivity index (χ3n) is 1.98. The van der Waals surface area contributed by atoms with Gasteiger partial charge in [0.15, 0.2) is 0 Å². The van der Waals surface area contributed by atoms with Gasteiger partial charge < -0.3 is 5.32 Å². The van der Waals surface area contributed by atoms with Crippen molar-refractivity contribution < 1.29 is 4.79 Å². The predicted molar refractivity (Wildman–Crippen MR) is 62.9 cm³/mol. The first-order valence-corrected chi connectivity index (χ1v) is 5.95. The summed E-state index contributed by atoms with van der Waals surface area (Å²) in [5.41, 5.74) is 0.789. The Morgan fingerprint density at radius 1 is 1.67 bits per heavy atom. The second-order valence-corrected chi connectivity index (χ2v) is 4.21. The zero-order chi connectivity index (χ0) is 11.1. The largest absolute Gasteiger partial charge is 0.352 e. The monoisotopic (exact) mass is 224 g/mol. The number of carbonyl (C=O) groups is 1. The third kappa shape index (κ3) is 4.25. The molecular formula is C11H16N2OS. The Labute approximate surface area is 94.2 Å². The van der Waals surface area contributed by atoms with E-state index in [1.807, 2.05) is 25.3 Å². The van der Waals surface area contributed by atoms with Crippen molar-refractivity contribution in [1.82, 2.24) is 10.3 Å². The van der Waals surface area contributed by atoms with Crippen LogP contribution in [0.1, 0.15) is 25.3 Å². The molecule has 1 amide bonds. The highest BCUT2D eigenvalue weighted by atomic mass is 32.1. The zero-order valence-electron chi connectivity index (χ0n) is 9.12. The molecule has 1 rings (SSSR count). The normalized spacial score (nSPS) is 11.5. The maximum Gasteiger partial charge on any atom is 0.246 e. The van der Waals surface area contributed by atoms with Crippen molar-refractivity contribution in [1.29, 1.82) is 0 Å². The van der Waals surface area contributed by atoms with Crippen LogP contribution in [-0.4, -0.2) is 17.4 Å². The van der Waals surface area contributed by atoms with Gasteiger partial charge in [-0.3, -0.25) is 4.79 Å². The lowest BCUT2D eigenvalue weighted by Crippen LogP contribution is -2.26. The molecule has 1 aromatic rings. The van der Waals surface area contributed by atoms with E-state index in [2.05, 4.69) is 10.3 Å². The first-order valence-electron chi connectivity index (χ1n) is 5.07. The molecule has 0 fully saturated rings. The average Bonchev–Trinajstić information content (AvgIpc) is 2.71. The van der Waals surface area contributed by atoms with Crippen LogP contribution in [-0.2, 0) is 11.2 Å². The van der Waals surface area contributed by atoms with Crippen molar-refractivity contribution in [3.05, 3.63) is 28.2 Å². The number of aromatic nitrogens is 1. The van der Waals surface area contributed by atoms with Gasteiger partial charge in [-0.1, -0.05) is 13.0 Å². The lowest BCUT2D eigenvalue weighted by atomic mass is 10.2. The molecule has 0 bridgehead atoms. The van der Waals surface area contributed by atoms with Crippen LogP contribution in [0.4, 0.5) is 0 Å². The molecule has 1 heterocycles. The molecule has 0 radical (unpaired) electrons. The molecule has 3 nitrogen and oxygen atoms in total. The molecule has 0 aliphatic carbocycles. The van der Waals surface area contributed by atoms with E-state index in [4.69, 9.17) is 0 Å². The standard InChI is InChI=1S/C11H16N2OS/c1-3-4-9(2)11(14)13-6-5-10-12-7-8-15-10/h4,7-8H,3,5-6H2,1-2H3,(H,13,14). The third-order valence-corrected chi connectivity index (χ3v) is 2.82. The Bertz CT molecular complexity index is 330. The summed E-state index contributed by atoms with van der Waals surface area (Å²) in [6.07, 6.45) is 5.41. The Morgan fingerprint density at radius 3 is 3.07 bits per heavy atom. The minimum Gasteiger partial charge on any atom is -0.352 e. The molecule has 1 aromatic heterocycles. The van der Waals surface area contributed by atoms with Crippen LogP contribution in [0.2, 0.25) is 0 Å². The highest BCUT2D eigenvalue weighted by molar-refractivity contribution is 7.09. The van der Waals surface area contributed by atoms with E-state index in [0.717, 1.165) is 23.4 Å². The van der Waals surface area contributed by atoms with Crippen molar-refractivity contribution >= 4 is 17.2 Å². The molecule has 1 N–H and O–H groups in total. The quantitative estimate of drug-likeness (QED) is 0.779. The number of carbonyl (C=O) groups excluding carboxylic acids is 1. The molecule has 0 saturated heterocycles. The lowest BCUT2D eigenvalue weighted by molar-refractivity contribution is -0.117. The van der Waals surface area contributed by atoms with Gasteiger partial charge in [0.05, 0.1) is 5.01 Å². The van der Waals surface area contributed by atoms with Gasteiger partial charge in [-0.15, -0.1) is 11.3 Å². The van der Waals surface area contributed by atoms with E-state index in [1.54, 1.807) is 17.5 Å². The Hall–Kier alpha value is -1.16. The summed E-state index contributed by atoms with van der Waals surface area (Å²) in [5.74, 6) is 0.0217. The lowest BCUT2D eigenvalue weighted by Gasteiger charge is -2.03. The topological polar surface area (TPSA) is 42.0 Å². The first kappa shape index (κ1) is 11.9. The van der Waals surface area contributed by atoms with Gasteiger partial charge in [-0.25, -0.2) is 4.98 Å². The van der Waals surface area contributed by atoms with Gasteiger partial charge >= 0.3 is 0 Å². The number of hydrogen-bond acceptors (Lipinski definition) is 3. The van der Waals surface area contributed by atoms with Crippen LogP contribution in [0.15, 0.2) is 23.2 Å². The van der Waals surface area contributed by atoms with Crippen LogP contribution in [0.3, 0.4) is 0 Å². The van der Waals surface area contributed by atoms with Crippen LogP contribution in [0.25, 0.3) is 0 Å². The summed E-state index contributed by atoms with van der Waals surface area (Å²) < 4.78 is 0. The molecule has 15 heavy (non-hydrogen) atoms. The number of nitrogens with one attached hydrogen (secondary N) is 1. The zero-order valence-corrected chi connectivity index (χ0v) is 9.93. The number of rotatable bonds is 5. The fraction of sp³-hybridized carbons (Fsp3) is 0.455. The van der Waals surface area contributed by atoms with Crippen LogP contribution in [0, 0.1) is 0 Å². The molecule has 0 aromatic carbocycles. The maximum absolute atomic E-state index is 11.5. The number of allylic oxidation sites excluding steroid dienone is 1.